The van der Waals surface area contributed by atoms with Crippen molar-refractivity contribution in [2.75, 3.05) is 38.4 Å². The average molecular weight is 540 g/mol. The minimum atomic E-state index is -3.64. The molecule has 0 saturated heterocycles. The lowest BCUT2D eigenvalue weighted by Gasteiger charge is -2.31. The van der Waals surface area contributed by atoms with Crippen molar-refractivity contribution < 1.29 is 27.5 Å². The molecule has 0 spiro atoms. The number of anilines is 1. The summed E-state index contributed by atoms with van der Waals surface area (Å²) in [7, 11) is 0.928. The van der Waals surface area contributed by atoms with E-state index in [9.17, 15) is 18.0 Å². The standard InChI is InChI=1S/C25H34ClN3O6S/c1-6-22(25(31)27-2)28(17-18-9-7-10-20(15-18)34-3)24(30)11-8-14-29(36(5,32)33)19-12-13-23(35-4)21(26)16-19/h7,9-10,12-13,15-16,22H,6,8,11,14,17H2,1-5H3,(H,27,31)/t22-/m0/s1. The molecule has 11 heteroatoms. The van der Waals surface area contributed by atoms with Crippen molar-refractivity contribution in [3.8, 4) is 11.5 Å². The van der Waals surface area contributed by atoms with E-state index in [1.165, 1.54) is 29.4 Å². The number of nitrogens with one attached hydrogen (secondary N) is 1. The molecular weight excluding hydrogens is 506 g/mol. The highest BCUT2D eigenvalue weighted by atomic mass is 35.5. The Hall–Kier alpha value is -2.98. The van der Waals surface area contributed by atoms with Crippen LogP contribution in [0.3, 0.4) is 0 Å². The average Bonchev–Trinajstić information content (AvgIpc) is 2.85. The Labute approximate surface area is 218 Å². The van der Waals surface area contributed by atoms with Gasteiger partial charge >= 0.3 is 0 Å². The minimum absolute atomic E-state index is 0.0490. The molecule has 0 fully saturated rings. The third-order valence-corrected chi connectivity index (χ3v) is 7.18. The van der Waals surface area contributed by atoms with Crippen LogP contribution in [0.1, 0.15) is 31.7 Å². The summed E-state index contributed by atoms with van der Waals surface area (Å²) < 4.78 is 36.6. The van der Waals surface area contributed by atoms with Gasteiger partial charge in [0, 0.05) is 26.6 Å². The van der Waals surface area contributed by atoms with Crippen LogP contribution in [0.25, 0.3) is 0 Å². The first-order valence-electron chi connectivity index (χ1n) is 11.5. The van der Waals surface area contributed by atoms with Crippen LogP contribution in [0, 0.1) is 0 Å². The normalized spacial score (nSPS) is 11.9. The predicted octanol–water partition coefficient (Wildman–Crippen LogP) is 3.46. The number of benzene rings is 2. The number of rotatable bonds is 13. The molecule has 0 radical (unpaired) electrons. The molecule has 0 aliphatic rings. The first-order valence-corrected chi connectivity index (χ1v) is 13.7. The van der Waals surface area contributed by atoms with Crippen molar-refractivity contribution >= 4 is 39.1 Å². The van der Waals surface area contributed by atoms with Gasteiger partial charge in [0.2, 0.25) is 21.8 Å². The molecule has 2 aromatic carbocycles. The van der Waals surface area contributed by atoms with E-state index in [-0.39, 0.29) is 42.8 Å². The zero-order chi connectivity index (χ0) is 26.9. The van der Waals surface area contributed by atoms with Gasteiger partial charge in [-0.25, -0.2) is 8.42 Å². The van der Waals surface area contributed by atoms with Gasteiger partial charge in [-0.15, -0.1) is 0 Å². The van der Waals surface area contributed by atoms with E-state index in [1.54, 1.807) is 25.3 Å². The molecule has 0 bridgehead atoms. The molecule has 1 atom stereocenters. The third-order valence-electron chi connectivity index (χ3n) is 5.69. The Morgan fingerprint density at radius 2 is 1.83 bits per heavy atom. The van der Waals surface area contributed by atoms with E-state index in [4.69, 9.17) is 21.1 Å². The first kappa shape index (κ1) is 29.3. The number of nitrogens with zero attached hydrogens (tertiary/aromatic N) is 2. The lowest BCUT2D eigenvalue weighted by molar-refractivity contribution is -0.141. The van der Waals surface area contributed by atoms with Crippen molar-refractivity contribution in [1.82, 2.24) is 10.2 Å². The second kappa shape index (κ2) is 13.4. The van der Waals surface area contributed by atoms with Gasteiger partial charge in [0.15, 0.2) is 0 Å². The van der Waals surface area contributed by atoms with E-state index >= 15 is 0 Å². The zero-order valence-corrected chi connectivity index (χ0v) is 22.9. The molecule has 0 heterocycles. The van der Waals surface area contributed by atoms with E-state index in [0.717, 1.165) is 11.8 Å². The van der Waals surface area contributed by atoms with E-state index in [0.29, 0.717) is 23.6 Å². The molecule has 0 aliphatic carbocycles. The second-order valence-corrected chi connectivity index (χ2v) is 10.5. The highest BCUT2D eigenvalue weighted by molar-refractivity contribution is 7.92. The quantitative estimate of drug-likeness (QED) is 0.418. The molecule has 2 rings (SSSR count). The fourth-order valence-corrected chi connectivity index (χ4v) is 5.08. The Morgan fingerprint density at radius 3 is 2.39 bits per heavy atom. The maximum atomic E-state index is 13.3. The molecule has 2 amide bonds. The summed E-state index contributed by atoms with van der Waals surface area (Å²) in [6.07, 6.45) is 1.82. The van der Waals surface area contributed by atoms with Crippen LogP contribution in [-0.4, -0.2) is 65.2 Å². The maximum Gasteiger partial charge on any atom is 0.242 e. The van der Waals surface area contributed by atoms with E-state index in [2.05, 4.69) is 5.32 Å². The number of amides is 2. The number of hydrogen-bond donors (Lipinski definition) is 1. The van der Waals surface area contributed by atoms with Gasteiger partial charge in [-0.1, -0.05) is 30.7 Å². The summed E-state index contributed by atoms with van der Waals surface area (Å²) in [4.78, 5) is 27.4. The first-order chi connectivity index (χ1) is 17.0. The Morgan fingerprint density at radius 1 is 1.11 bits per heavy atom. The number of sulfonamides is 1. The number of ether oxygens (including phenoxy) is 2. The minimum Gasteiger partial charge on any atom is -0.497 e. The number of hydrogen-bond acceptors (Lipinski definition) is 6. The van der Waals surface area contributed by atoms with E-state index < -0.39 is 16.1 Å². The second-order valence-electron chi connectivity index (χ2n) is 8.17. The lowest BCUT2D eigenvalue weighted by Crippen LogP contribution is -2.48. The molecule has 0 aliphatic heterocycles. The Balaban J connectivity index is 2.22. The van der Waals surface area contributed by atoms with Crippen LogP contribution in [0.2, 0.25) is 5.02 Å². The van der Waals surface area contributed by atoms with Gasteiger partial charge in [-0.3, -0.25) is 13.9 Å². The highest BCUT2D eigenvalue weighted by Crippen LogP contribution is 2.30. The Bertz CT molecular complexity index is 1160. The van der Waals surface area contributed by atoms with Crippen molar-refractivity contribution in [2.24, 2.45) is 0 Å². The largest absolute Gasteiger partial charge is 0.497 e. The smallest absolute Gasteiger partial charge is 0.242 e. The molecule has 0 saturated carbocycles. The summed E-state index contributed by atoms with van der Waals surface area (Å²) in [5.41, 5.74) is 1.19. The number of likely N-dealkylation sites (N-methyl/N-ethyl adjacent to an activating group) is 1. The lowest BCUT2D eigenvalue weighted by atomic mass is 10.1. The van der Waals surface area contributed by atoms with E-state index in [1.807, 2.05) is 25.1 Å². The van der Waals surface area contributed by atoms with Crippen LogP contribution in [0.5, 0.6) is 11.5 Å². The molecule has 36 heavy (non-hydrogen) atoms. The van der Waals surface area contributed by atoms with Crippen LogP contribution in [-0.2, 0) is 26.2 Å². The van der Waals surface area contributed by atoms with Gasteiger partial charge in [-0.2, -0.15) is 0 Å². The molecule has 0 aromatic heterocycles. The van der Waals surface area contributed by atoms with Gasteiger partial charge in [0.05, 0.1) is 31.2 Å². The number of halogens is 1. The SMILES string of the molecule is CC[C@@H](C(=O)NC)N(Cc1cccc(OC)c1)C(=O)CCCN(c1ccc(OC)c(Cl)c1)S(C)(=O)=O. The van der Waals surface area contributed by atoms with Gasteiger partial charge in [0.25, 0.3) is 0 Å². The topological polar surface area (TPSA) is 105 Å². The van der Waals surface area contributed by atoms with Crippen LogP contribution in [0.15, 0.2) is 42.5 Å². The summed E-state index contributed by atoms with van der Waals surface area (Å²) in [5, 5.41) is 2.90. The summed E-state index contributed by atoms with van der Waals surface area (Å²) in [6, 6.07) is 11.3. The van der Waals surface area contributed by atoms with Gasteiger partial charge in [0.1, 0.15) is 17.5 Å². The van der Waals surface area contributed by atoms with Gasteiger partial charge in [-0.05, 0) is 48.7 Å². The maximum absolute atomic E-state index is 13.3. The number of carbonyl (C=O) groups is 2. The van der Waals surface area contributed by atoms with Crippen molar-refractivity contribution in [1.29, 1.82) is 0 Å². The summed E-state index contributed by atoms with van der Waals surface area (Å²) in [6.45, 7) is 2.12. The number of methoxy groups -OCH3 is 2. The van der Waals surface area contributed by atoms with Crippen LogP contribution >= 0.6 is 11.6 Å². The van der Waals surface area contributed by atoms with Gasteiger partial charge < -0.3 is 19.7 Å². The molecule has 198 valence electrons. The predicted molar refractivity (Wildman–Crippen MR) is 141 cm³/mol. The Kier molecular flexibility index (Phi) is 10.9. The van der Waals surface area contributed by atoms with Crippen molar-refractivity contribution in [3.63, 3.8) is 0 Å². The molecule has 2 aromatic rings. The van der Waals surface area contributed by atoms with Crippen LogP contribution in [0.4, 0.5) is 5.69 Å². The fraction of sp³-hybridized carbons (Fsp3) is 0.440. The van der Waals surface area contributed by atoms with Crippen molar-refractivity contribution in [3.05, 3.63) is 53.1 Å². The van der Waals surface area contributed by atoms with Crippen LogP contribution < -0.4 is 19.1 Å². The molecule has 9 nitrogen and oxygen atoms in total. The third kappa shape index (κ3) is 7.76. The monoisotopic (exact) mass is 539 g/mol. The fourth-order valence-electron chi connectivity index (χ4n) is 3.87. The summed E-state index contributed by atoms with van der Waals surface area (Å²) in [5.74, 6) is 0.556. The molecule has 0 unspecified atom stereocenters. The summed E-state index contributed by atoms with van der Waals surface area (Å²) >= 11 is 6.19. The number of carbonyl (C=O) groups excluding carboxylic acids is 2. The zero-order valence-electron chi connectivity index (χ0n) is 21.3. The molecular formula is C25H34ClN3O6S. The molecule has 1 N–H and O–H groups in total. The highest BCUT2D eigenvalue weighted by Gasteiger charge is 2.28. The van der Waals surface area contributed by atoms with Crippen molar-refractivity contribution in [2.45, 2.75) is 38.8 Å².